The number of likely N-dealkylation sites (N-methyl/N-ethyl adjacent to an activating group) is 1. The molecule has 2 aromatic heterocycles. The maximum Gasteiger partial charge on any atom is 0.243 e. The normalized spacial score (nSPS) is 11.0. The minimum Gasteiger partial charge on any atom is -0.477 e. The van der Waals surface area contributed by atoms with Gasteiger partial charge in [0.1, 0.15) is 12.0 Å². The number of amides is 1. The first-order valence-corrected chi connectivity index (χ1v) is 7.66. The molecule has 2 heterocycles. The number of H-pyrrole nitrogens is 1. The van der Waals surface area contributed by atoms with Gasteiger partial charge < -0.3 is 15.0 Å². The molecule has 1 aromatic carbocycles. The number of carbonyl (C=O) groups excluding carboxylic acids is 1. The van der Waals surface area contributed by atoms with Crippen molar-refractivity contribution < 1.29 is 9.53 Å². The highest BCUT2D eigenvalue weighted by atomic mass is 16.5. The van der Waals surface area contributed by atoms with Crippen LogP contribution in [0.4, 0.5) is 0 Å². The van der Waals surface area contributed by atoms with E-state index in [1.807, 2.05) is 18.2 Å². The van der Waals surface area contributed by atoms with E-state index in [1.165, 1.54) is 18.0 Å². The van der Waals surface area contributed by atoms with E-state index in [-0.39, 0.29) is 5.91 Å². The van der Waals surface area contributed by atoms with Crippen LogP contribution in [0.1, 0.15) is 11.1 Å². The summed E-state index contributed by atoms with van der Waals surface area (Å²) in [5.74, 6) is 0.335. The van der Waals surface area contributed by atoms with Crippen molar-refractivity contribution in [3.05, 3.63) is 60.1 Å². The second kappa shape index (κ2) is 7.41. The van der Waals surface area contributed by atoms with E-state index in [0.717, 1.165) is 17.4 Å². The van der Waals surface area contributed by atoms with Gasteiger partial charge in [0.2, 0.25) is 11.8 Å². The molecule has 0 aliphatic carbocycles. The highest BCUT2D eigenvalue weighted by Gasteiger charge is 2.11. The van der Waals surface area contributed by atoms with E-state index in [1.54, 1.807) is 19.3 Å². The Balaban J connectivity index is 1.78. The minimum atomic E-state index is -0.173. The van der Waals surface area contributed by atoms with Crippen molar-refractivity contribution in [2.75, 3.05) is 13.7 Å². The van der Waals surface area contributed by atoms with Crippen molar-refractivity contribution in [2.45, 2.75) is 6.42 Å². The molecule has 3 aromatic rings. The Morgan fingerprint density at radius 3 is 2.92 bits per heavy atom. The number of rotatable bonds is 6. The number of carbonyl (C=O) groups is 1. The van der Waals surface area contributed by atoms with Crippen molar-refractivity contribution in [1.29, 1.82) is 0 Å². The van der Waals surface area contributed by atoms with Crippen LogP contribution >= 0.6 is 0 Å². The average molecular weight is 322 g/mol. The molecule has 0 atom stereocenters. The zero-order valence-corrected chi connectivity index (χ0v) is 13.3. The number of fused-ring (bicyclic) bond motifs is 1. The second-order valence-corrected chi connectivity index (χ2v) is 5.18. The minimum absolute atomic E-state index is 0.173. The first kappa shape index (κ1) is 15.7. The molecule has 1 amide bonds. The molecule has 0 saturated heterocycles. The molecule has 122 valence electrons. The summed E-state index contributed by atoms with van der Waals surface area (Å²) in [6.07, 6.45) is 7.21. The van der Waals surface area contributed by atoms with E-state index in [0.29, 0.717) is 18.1 Å². The third-order valence-corrected chi connectivity index (χ3v) is 3.60. The van der Waals surface area contributed by atoms with Gasteiger partial charge in [-0.2, -0.15) is 0 Å². The van der Waals surface area contributed by atoms with E-state index < -0.39 is 0 Å². The van der Waals surface area contributed by atoms with Gasteiger partial charge in [-0.15, -0.1) is 0 Å². The van der Waals surface area contributed by atoms with E-state index in [9.17, 15) is 4.79 Å². The van der Waals surface area contributed by atoms with Gasteiger partial charge in [-0.3, -0.25) is 4.79 Å². The molecule has 6 nitrogen and oxygen atoms in total. The Bertz CT molecular complexity index is 856. The van der Waals surface area contributed by atoms with Gasteiger partial charge in [0.05, 0.1) is 12.0 Å². The van der Waals surface area contributed by atoms with E-state index in [2.05, 4.69) is 32.4 Å². The van der Waals surface area contributed by atoms with Crippen LogP contribution in [0.25, 0.3) is 17.1 Å². The van der Waals surface area contributed by atoms with Crippen molar-refractivity contribution in [3.8, 4) is 5.88 Å². The summed E-state index contributed by atoms with van der Waals surface area (Å²) in [5, 5.41) is 3.31. The number of ether oxygens (including phenoxy) is 1. The van der Waals surface area contributed by atoms with Crippen LogP contribution in [0.2, 0.25) is 0 Å². The number of aromatic amines is 1. The highest BCUT2D eigenvalue weighted by molar-refractivity contribution is 5.96. The Hall–Kier alpha value is -3.15. The van der Waals surface area contributed by atoms with Gasteiger partial charge in [-0.25, -0.2) is 9.97 Å². The molecule has 0 spiro atoms. The number of hydrogen-bond acceptors (Lipinski definition) is 4. The molecule has 0 aliphatic rings. The largest absolute Gasteiger partial charge is 0.477 e. The third-order valence-electron chi connectivity index (χ3n) is 3.60. The molecule has 0 saturated carbocycles. The van der Waals surface area contributed by atoms with E-state index >= 15 is 0 Å². The van der Waals surface area contributed by atoms with Crippen LogP contribution in [0.5, 0.6) is 5.88 Å². The Morgan fingerprint density at radius 2 is 2.12 bits per heavy atom. The SMILES string of the molecule is CNC(=O)/C=C/c1c[nH]c2ncnc(OCCc3ccccc3)c12. The fraction of sp³-hybridized carbons (Fsp3) is 0.167. The van der Waals surface area contributed by atoms with Gasteiger partial charge in [0.15, 0.2) is 0 Å². The average Bonchev–Trinajstić information content (AvgIpc) is 3.04. The summed E-state index contributed by atoms with van der Waals surface area (Å²) in [7, 11) is 1.59. The maximum absolute atomic E-state index is 11.4. The number of benzene rings is 1. The molecule has 0 unspecified atom stereocenters. The molecule has 0 aliphatic heterocycles. The number of aromatic nitrogens is 3. The first-order valence-electron chi connectivity index (χ1n) is 7.66. The predicted octanol–water partition coefficient (Wildman–Crippen LogP) is 2.34. The van der Waals surface area contributed by atoms with Crippen LogP contribution in [0.3, 0.4) is 0 Å². The summed E-state index contributed by atoms with van der Waals surface area (Å²) in [4.78, 5) is 22.9. The zero-order chi connectivity index (χ0) is 16.8. The summed E-state index contributed by atoms with van der Waals surface area (Å²) in [5.41, 5.74) is 2.69. The molecule has 3 rings (SSSR count). The molecule has 2 N–H and O–H groups in total. The third kappa shape index (κ3) is 3.60. The zero-order valence-electron chi connectivity index (χ0n) is 13.3. The van der Waals surface area contributed by atoms with Crippen molar-refractivity contribution in [1.82, 2.24) is 20.3 Å². The highest BCUT2D eigenvalue weighted by Crippen LogP contribution is 2.26. The Kier molecular flexibility index (Phi) is 4.86. The number of nitrogens with one attached hydrogen (secondary N) is 2. The van der Waals surface area contributed by atoms with Crippen molar-refractivity contribution in [3.63, 3.8) is 0 Å². The Morgan fingerprint density at radius 1 is 1.29 bits per heavy atom. The van der Waals surface area contributed by atoms with Crippen LogP contribution in [0.15, 0.2) is 48.9 Å². The van der Waals surface area contributed by atoms with Gasteiger partial charge in [-0.1, -0.05) is 30.3 Å². The first-order chi connectivity index (χ1) is 11.8. The Labute approximate surface area is 139 Å². The fourth-order valence-corrected chi connectivity index (χ4v) is 2.36. The molecule has 0 radical (unpaired) electrons. The lowest BCUT2D eigenvalue weighted by atomic mass is 10.2. The summed E-state index contributed by atoms with van der Waals surface area (Å²) in [6, 6.07) is 10.1. The standard InChI is InChI=1S/C18H18N4O2/c1-19-15(23)8-7-14-11-20-17-16(14)18(22-12-21-17)24-10-9-13-5-3-2-4-6-13/h2-8,11-12H,9-10H2,1H3,(H,19,23)(H,20,21,22)/b8-7+. The summed E-state index contributed by atoms with van der Waals surface area (Å²) in [6.45, 7) is 0.514. The summed E-state index contributed by atoms with van der Waals surface area (Å²) < 4.78 is 5.85. The van der Waals surface area contributed by atoms with Gasteiger partial charge >= 0.3 is 0 Å². The lowest BCUT2D eigenvalue weighted by Crippen LogP contribution is -2.13. The number of nitrogens with zero attached hydrogens (tertiary/aromatic N) is 2. The smallest absolute Gasteiger partial charge is 0.243 e. The lowest BCUT2D eigenvalue weighted by Gasteiger charge is -2.06. The van der Waals surface area contributed by atoms with Crippen LogP contribution in [0, 0.1) is 0 Å². The second-order valence-electron chi connectivity index (χ2n) is 5.18. The van der Waals surface area contributed by atoms with E-state index in [4.69, 9.17) is 4.74 Å². The quantitative estimate of drug-likeness (QED) is 0.683. The molecule has 6 heteroatoms. The van der Waals surface area contributed by atoms with Gasteiger partial charge in [0.25, 0.3) is 0 Å². The lowest BCUT2D eigenvalue weighted by molar-refractivity contribution is -0.115. The van der Waals surface area contributed by atoms with Gasteiger partial charge in [0, 0.05) is 31.3 Å². The van der Waals surface area contributed by atoms with Crippen molar-refractivity contribution in [2.24, 2.45) is 0 Å². The van der Waals surface area contributed by atoms with Crippen LogP contribution < -0.4 is 10.1 Å². The predicted molar refractivity (Wildman–Crippen MR) is 92.6 cm³/mol. The molecule has 24 heavy (non-hydrogen) atoms. The monoisotopic (exact) mass is 322 g/mol. The molecular weight excluding hydrogens is 304 g/mol. The van der Waals surface area contributed by atoms with Gasteiger partial charge in [-0.05, 0) is 11.6 Å². The number of hydrogen-bond donors (Lipinski definition) is 2. The van der Waals surface area contributed by atoms with Crippen LogP contribution in [-0.2, 0) is 11.2 Å². The molecular formula is C18H18N4O2. The fourth-order valence-electron chi connectivity index (χ4n) is 2.36. The maximum atomic E-state index is 11.4. The van der Waals surface area contributed by atoms with Crippen LogP contribution in [-0.4, -0.2) is 34.5 Å². The molecule has 0 fully saturated rings. The van der Waals surface area contributed by atoms with Crippen molar-refractivity contribution >= 4 is 23.0 Å². The topological polar surface area (TPSA) is 79.9 Å². The summed E-state index contributed by atoms with van der Waals surface area (Å²) >= 11 is 0. The molecule has 0 bridgehead atoms.